The lowest BCUT2D eigenvalue weighted by molar-refractivity contribution is -0.125. The number of piperidine rings is 1. The number of ether oxygens (including phenoxy) is 1. The second kappa shape index (κ2) is 11.2. The Balaban J connectivity index is 1.47. The topological polar surface area (TPSA) is 75.7 Å². The number of methoxy groups -OCH3 is 1. The highest BCUT2D eigenvalue weighted by molar-refractivity contribution is 7.98. The SMILES string of the molecule is COc1ccc(S(=O)(=O)N2CCCC(C(=O)NCCSCc3cccc(Cl)c3)C2)cc1. The van der Waals surface area contributed by atoms with Gasteiger partial charge in [-0.1, -0.05) is 23.7 Å². The quantitative estimate of drug-likeness (QED) is 0.550. The number of carbonyl (C=O) groups is 1. The molecular weight excluding hydrogens is 456 g/mol. The predicted octanol–water partition coefficient (Wildman–Crippen LogP) is 3.80. The molecule has 1 fully saturated rings. The van der Waals surface area contributed by atoms with Crippen molar-refractivity contribution in [1.29, 1.82) is 0 Å². The Morgan fingerprint density at radius 3 is 2.74 bits per heavy atom. The van der Waals surface area contributed by atoms with E-state index in [9.17, 15) is 13.2 Å². The van der Waals surface area contributed by atoms with E-state index in [0.717, 1.165) is 22.1 Å². The third-order valence-electron chi connectivity index (χ3n) is 5.16. The van der Waals surface area contributed by atoms with Gasteiger partial charge in [0.05, 0.1) is 17.9 Å². The molecule has 0 bridgehead atoms. The second-order valence-corrected chi connectivity index (χ2v) is 10.8. The van der Waals surface area contributed by atoms with Crippen molar-refractivity contribution in [3.8, 4) is 5.75 Å². The molecule has 3 rings (SSSR count). The fourth-order valence-electron chi connectivity index (χ4n) is 3.48. The van der Waals surface area contributed by atoms with E-state index >= 15 is 0 Å². The van der Waals surface area contributed by atoms with E-state index in [1.54, 1.807) is 23.9 Å². The average molecular weight is 483 g/mol. The zero-order valence-electron chi connectivity index (χ0n) is 17.4. The summed E-state index contributed by atoms with van der Waals surface area (Å²) in [5, 5.41) is 3.67. The number of benzene rings is 2. The lowest BCUT2D eigenvalue weighted by Gasteiger charge is -2.31. The minimum Gasteiger partial charge on any atom is -0.497 e. The molecule has 0 aromatic heterocycles. The van der Waals surface area contributed by atoms with E-state index in [1.165, 1.54) is 23.5 Å². The highest BCUT2D eigenvalue weighted by Gasteiger charge is 2.33. The number of sulfonamides is 1. The minimum atomic E-state index is -3.63. The summed E-state index contributed by atoms with van der Waals surface area (Å²) in [6, 6.07) is 14.1. The fraction of sp³-hybridized carbons (Fsp3) is 0.409. The van der Waals surface area contributed by atoms with Crippen LogP contribution in [0, 0.1) is 5.92 Å². The lowest BCUT2D eigenvalue weighted by atomic mass is 9.99. The molecule has 1 saturated heterocycles. The molecule has 0 spiro atoms. The first-order valence-corrected chi connectivity index (χ1v) is 13.1. The summed E-state index contributed by atoms with van der Waals surface area (Å²) in [5.41, 5.74) is 1.15. The van der Waals surface area contributed by atoms with E-state index in [0.29, 0.717) is 31.7 Å². The van der Waals surface area contributed by atoms with Gasteiger partial charge < -0.3 is 10.1 Å². The van der Waals surface area contributed by atoms with Crippen molar-refractivity contribution in [3.05, 3.63) is 59.1 Å². The predicted molar refractivity (Wildman–Crippen MR) is 125 cm³/mol. The number of amides is 1. The maximum Gasteiger partial charge on any atom is 0.243 e. The fourth-order valence-corrected chi connectivity index (χ4v) is 6.02. The van der Waals surface area contributed by atoms with E-state index in [1.807, 2.05) is 24.3 Å². The summed E-state index contributed by atoms with van der Waals surface area (Å²) >= 11 is 7.71. The lowest BCUT2D eigenvalue weighted by Crippen LogP contribution is -2.45. The van der Waals surface area contributed by atoms with Crippen LogP contribution in [0.4, 0.5) is 0 Å². The molecule has 1 aliphatic rings. The molecule has 0 radical (unpaired) electrons. The van der Waals surface area contributed by atoms with Crippen molar-refractivity contribution < 1.29 is 17.9 Å². The molecule has 1 aliphatic heterocycles. The molecule has 2 aromatic rings. The Morgan fingerprint density at radius 1 is 1.26 bits per heavy atom. The molecule has 1 N–H and O–H groups in total. The number of hydrogen-bond acceptors (Lipinski definition) is 5. The highest BCUT2D eigenvalue weighted by atomic mass is 35.5. The van der Waals surface area contributed by atoms with Crippen LogP contribution in [0.3, 0.4) is 0 Å². The number of carbonyl (C=O) groups excluding carboxylic acids is 1. The summed E-state index contributed by atoms with van der Waals surface area (Å²) in [6.45, 7) is 1.18. The van der Waals surface area contributed by atoms with Crippen molar-refractivity contribution in [2.24, 2.45) is 5.92 Å². The summed E-state index contributed by atoms with van der Waals surface area (Å²) in [6.07, 6.45) is 1.35. The standard InChI is InChI=1S/C22H27ClN2O4S2/c1-29-20-7-9-21(10-8-20)31(27,28)25-12-3-5-18(15-25)22(26)24-11-13-30-16-17-4-2-6-19(23)14-17/h2,4,6-10,14,18H,3,5,11-13,15-16H2,1H3,(H,24,26). The van der Waals surface area contributed by atoms with Crippen molar-refractivity contribution in [1.82, 2.24) is 9.62 Å². The van der Waals surface area contributed by atoms with Gasteiger partial charge >= 0.3 is 0 Å². The molecule has 0 saturated carbocycles. The molecule has 1 atom stereocenters. The number of rotatable bonds is 9. The Morgan fingerprint density at radius 2 is 2.03 bits per heavy atom. The molecule has 6 nitrogen and oxygen atoms in total. The maximum atomic E-state index is 13.0. The van der Waals surface area contributed by atoms with Gasteiger partial charge in [0.15, 0.2) is 0 Å². The molecule has 0 aliphatic carbocycles. The van der Waals surface area contributed by atoms with Crippen LogP contribution in [0.1, 0.15) is 18.4 Å². The van der Waals surface area contributed by atoms with Crippen molar-refractivity contribution >= 4 is 39.3 Å². The number of nitrogens with zero attached hydrogens (tertiary/aromatic N) is 1. The summed E-state index contributed by atoms with van der Waals surface area (Å²) < 4.78 is 32.4. The molecule has 2 aromatic carbocycles. The van der Waals surface area contributed by atoms with Crippen LogP contribution in [0.5, 0.6) is 5.75 Å². The average Bonchev–Trinajstić information content (AvgIpc) is 2.79. The largest absolute Gasteiger partial charge is 0.497 e. The smallest absolute Gasteiger partial charge is 0.243 e. The number of halogens is 1. The van der Waals surface area contributed by atoms with Gasteiger partial charge in [0.25, 0.3) is 0 Å². The number of nitrogens with one attached hydrogen (secondary N) is 1. The van der Waals surface area contributed by atoms with Crippen LogP contribution in [-0.4, -0.2) is 51.1 Å². The first-order chi connectivity index (χ1) is 14.9. The Hall–Kier alpha value is -1.74. The minimum absolute atomic E-state index is 0.0852. The van der Waals surface area contributed by atoms with Gasteiger partial charge in [-0.2, -0.15) is 16.1 Å². The zero-order chi connectivity index (χ0) is 22.3. The van der Waals surface area contributed by atoms with E-state index < -0.39 is 10.0 Å². The first-order valence-electron chi connectivity index (χ1n) is 10.1. The molecule has 1 amide bonds. The van der Waals surface area contributed by atoms with Crippen LogP contribution in [0.15, 0.2) is 53.4 Å². The Labute approximate surface area is 193 Å². The van der Waals surface area contributed by atoms with Crippen molar-refractivity contribution in [3.63, 3.8) is 0 Å². The van der Waals surface area contributed by atoms with E-state index in [4.69, 9.17) is 16.3 Å². The molecule has 1 unspecified atom stereocenters. The normalized spacial score (nSPS) is 17.3. The van der Waals surface area contributed by atoms with Crippen LogP contribution in [-0.2, 0) is 20.6 Å². The van der Waals surface area contributed by atoms with Gasteiger partial charge in [-0.15, -0.1) is 0 Å². The first kappa shape index (κ1) is 23.9. The van der Waals surface area contributed by atoms with Gasteiger partial charge in [0.1, 0.15) is 5.75 Å². The molecule has 31 heavy (non-hydrogen) atoms. The van der Waals surface area contributed by atoms with E-state index in [-0.39, 0.29) is 23.3 Å². The third kappa shape index (κ3) is 6.62. The van der Waals surface area contributed by atoms with Crippen molar-refractivity contribution in [2.45, 2.75) is 23.5 Å². The van der Waals surface area contributed by atoms with Crippen LogP contribution in [0.2, 0.25) is 5.02 Å². The number of hydrogen-bond donors (Lipinski definition) is 1. The summed E-state index contributed by atoms with van der Waals surface area (Å²) in [4.78, 5) is 12.8. The summed E-state index contributed by atoms with van der Waals surface area (Å²) in [7, 11) is -2.10. The van der Waals surface area contributed by atoms with E-state index in [2.05, 4.69) is 5.32 Å². The molecule has 1 heterocycles. The molecule has 168 valence electrons. The van der Waals surface area contributed by atoms with Gasteiger partial charge in [-0.3, -0.25) is 4.79 Å². The van der Waals surface area contributed by atoms with Gasteiger partial charge in [-0.25, -0.2) is 8.42 Å². The van der Waals surface area contributed by atoms with Gasteiger partial charge in [0.2, 0.25) is 15.9 Å². The van der Waals surface area contributed by atoms with Crippen molar-refractivity contribution in [2.75, 3.05) is 32.5 Å². The maximum absolute atomic E-state index is 13.0. The van der Waals surface area contributed by atoms with Gasteiger partial charge in [-0.05, 0) is 54.8 Å². The summed E-state index contributed by atoms with van der Waals surface area (Å²) in [5.74, 6) is 1.79. The number of thioether (sulfide) groups is 1. The highest BCUT2D eigenvalue weighted by Crippen LogP contribution is 2.25. The Kier molecular flexibility index (Phi) is 8.66. The van der Waals surface area contributed by atoms with Gasteiger partial charge in [0, 0.05) is 36.2 Å². The molecular formula is C22H27ClN2O4S2. The zero-order valence-corrected chi connectivity index (χ0v) is 19.8. The third-order valence-corrected chi connectivity index (χ3v) is 8.30. The Bertz CT molecular complexity index is 983. The molecule has 9 heteroatoms. The van der Waals surface area contributed by atoms with Crippen LogP contribution < -0.4 is 10.1 Å². The monoisotopic (exact) mass is 482 g/mol. The second-order valence-electron chi connectivity index (χ2n) is 7.35. The van der Waals surface area contributed by atoms with Crippen LogP contribution >= 0.6 is 23.4 Å². The van der Waals surface area contributed by atoms with Crippen LogP contribution in [0.25, 0.3) is 0 Å².